The largest absolute Gasteiger partial charge is 0.510 e. The van der Waals surface area contributed by atoms with Gasteiger partial charge in [0.1, 0.15) is 19.8 Å². The molecule has 664 valence electrons. The topological polar surface area (TPSA) is 529 Å². The van der Waals surface area contributed by atoms with Crippen LogP contribution in [0.25, 0.3) is 33.5 Å². The van der Waals surface area contributed by atoms with Crippen molar-refractivity contribution in [3.05, 3.63) is 19.0 Å². The minimum absolute atomic E-state index is 0.0113. The zero-order chi connectivity index (χ0) is 89.8. The lowest BCUT2D eigenvalue weighted by Gasteiger charge is -2.30. The van der Waals surface area contributed by atoms with Crippen LogP contribution in [0.3, 0.4) is 0 Å². The van der Waals surface area contributed by atoms with Crippen LogP contribution in [0, 0.1) is 11.8 Å². The van der Waals surface area contributed by atoms with Crippen LogP contribution < -0.4 is 30.6 Å². The van der Waals surface area contributed by atoms with Crippen LogP contribution in [-0.4, -0.2) is 252 Å². The number of hydrogen-bond acceptors (Lipinski definition) is 41. The Balaban J connectivity index is 0.000000260. The second-order valence-corrected chi connectivity index (χ2v) is 30.3. The number of nitrogen functional groups attached to an aromatic ring is 1. The minimum atomic E-state index is -5.00. The van der Waals surface area contributed by atoms with E-state index in [1.165, 1.54) is 80.1 Å². The van der Waals surface area contributed by atoms with Crippen LogP contribution in [0.2, 0.25) is 0 Å². The molecule has 0 unspecified atom stereocenters. The normalized spacial score (nSPS) is 25.3. The maximum Gasteiger partial charge on any atom is 0.510 e. The number of halogens is 6. The van der Waals surface area contributed by atoms with E-state index in [0.29, 0.717) is 13.2 Å². The predicted octanol–water partition coefficient (Wildman–Crippen LogP) is 10.3. The molecule has 0 radical (unpaired) electrons. The number of ether oxygens (including phenoxy) is 14. The molecule has 12 atom stereocenters. The first-order valence-electron chi connectivity index (χ1n) is 38.1. The van der Waals surface area contributed by atoms with Gasteiger partial charge in [-0.2, -0.15) is 29.9 Å². The molecule has 3 fully saturated rings. The number of anilines is 3. The van der Waals surface area contributed by atoms with Gasteiger partial charge in [0.25, 0.3) is 5.85 Å². The summed E-state index contributed by atoms with van der Waals surface area (Å²) in [6.07, 6.45) is -11.8. The zero-order valence-electron chi connectivity index (χ0n) is 69.8. The van der Waals surface area contributed by atoms with Gasteiger partial charge in [0.05, 0.1) is 75.1 Å². The number of nitrogens with zero attached hydrogens (tertiary/aromatic N) is 12. The third kappa shape index (κ3) is 23.6. The summed E-state index contributed by atoms with van der Waals surface area (Å²) in [6.45, 7) is 14.5. The highest BCUT2D eigenvalue weighted by Gasteiger charge is 2.67. The Morgan fingerprint density at radius 3 is 1.25 bits per heavy atom. The van der Waals surface area contributed by atoms with Gasteiger partial charge in [-0.05, 0) is 117 Å². The SMILES string of the molecule is CCOc1nc(N)nc2c1ncn2[C@@H]1O[C@](F)(COP(=O)(OCOC(=O)OC(C)C)OCOC(=O)OC(C)C)[C@@H](O)[C@@]1(C)F.[3H]CCNc1nc(OCC)c2ncn([C@@H]3O[C@](F)(CO)[C@@H](C)[C@@]3(C)F)c2n1.[3H]CCNc1nc(OCC)c2ncn([C@@H]3O[C@](F)(COP(=O)(OCOC(=O)OC(C)C)OCOC(=O)OC(C)C)[C@@H](CCO[3H])[C@@]3(C)F)c2n1. The first kappa shape index (κ1) is 91.4. The average molecular weight is 1750 g/mol. The number of aromatic nitrogens is 12. The van der Waals surface area contributed by atoms with Crippen molar-refractivity contribution in [2.45, 2.75) is 208 Å². The molecule has 118 heavy (non-hydrogen) atoms. The first-order valence-corrected chi connectivity index (χ1v) is 39.2. The van der Waals surface area contributed by atoms with E-state index in [9.17, 15) is 42.9 Å². The van der Waals surface area contributed by atoms with Gasteiger partial charge in [-0.25, -0.2) is 87.7 Å². The van der Waals surface area contributed by atoms with Gasteiger partial charge < -0.3 is 98.0 Å². The van der Waals surface area contributed by atoms with Crippen molar-refractivity contribution in [2.24, 2.45) is 11.8 Å². The molecule has 3 aliphatic heterocycles. The van der Waals surface area contributed by atoms with Crippen molar-refractivity contribution in [1.82, 2.24) is 58.6 Å². The molecular weight excluding hydrogens is 1640 g/mol. The Kier molecular flexibility index (Phi) is 31.7. The Morgan fingerprint density at radius 1 is 0.542 bits per heavy atom. The summed E-state index contributed by atoms with van der Waals surface area (Å²) < 4.78 is 248. The Labute approximate surface area is 675 Å². The molecule has 6 aromatic heterocycles. The van der Waals surface area contributed by atoms with Gasteiger partial charge in [-0.15, -0.1) is 0 Å². The Hall–Kier alpha value is -8.91. The van der Waals surface area contributed by atoms with Crippen molar-refractivity contribution >= 4 is 91.6 Å². The highest BCUT2D eigenvalue weighted by atomic mass is 31.2. The number of phosphoric acid groups is 2. The van der Waals surface area contributed by atoms with E-state index < -0.39 is 196 Å². The first-order chi connectivity index (χ1) is 56.9. The number of nitrogens with one attached hydrogen (secondary N) is 2. The minimum Gasteiger partial charge on any atom is -0.476 e. The maximum absolute atomic E-state index is 16.9. The van der Waals surface area contributed by atoms with E-state index in [1.54, 1.807) is 20.8 Å². The molecule has 9 rings (SSSR count). The molecule has 0 spiro atoms. The molecule has 52 heteroatoms. The van der Waals surface area contributed by atoms with E-state index in [-0.39, 0.29) is 103 Å². The fourth-order valence-electron chi connectivity index (χ4n) is 11.3. The lowest BCUT2D eigenvalue weighted by molar-refractivity contribution is -0.205. The molecular formula is C66H99F6N15O29P2. The van der Waals surface area contributed by atoms with Crippen LogP contribution in [0.4, 0.5) is 63.4 Å². The van der Waals surface area contributed by atoms with E-state index in [4.69, 9.17) is 84.4 Å². The van der Waals surface area contributed by atoms with Gasteiger partial charge in [-0.1, -0.05) is 6.92 Å². The molecule has 0 amide bonds. The number of alkyl halides is 6. The summed E-state index contributed by atoms with van der Waals surface area (Å²) in [5.74, 6) is -11.9. The second kappa shape index (κ2) is 40.9. The standard InChI is InChI=1S/C27H42F2N5O13P.C23H34F2N5O13P.C16H23F2N5O3/c1-8-30-23-32-20-19(21(33-23)39-9-2)31-13-34(20)22-26(7,28)18(10-11-35)27(29,47-22)12-42-48(38,43-14-40-24(36)45-16(3)4)44-15-41-25(37)46-17(5)6;1-7-35-16-14-15(28-19(26)29-16)30(9-27-14)18-22(6,24)17(31)23(25,43-18)8-38-44(34,39-10-36-20(32)41-12(2)3)40-11-37-21(33)42-13(4)5;1-5-19-14-21-11-10(12(22-14)25-6-2)20-8-23(11)13-15(4,17)9(3)16(18,7-24)26-13/h13,16-18,22,35H,8-12,14-15H2,1-7H3,(H,30,32,33);9,12-13,17-18,31H,7-8,10-11H2,1-6H3,(H2,26,28,29);8-9,13,24H,5-7H2,1-4H3,(H,19,21,22)/t18-,22+,26+,27+;17-,18+,22+,23+;9-,13+,15+,16+/m000/s1/i1T,35T;;1T. The van der Waals surface area contributed by atoms with Crippen LogP contribution in [-0.2, 0) is 88.4 Å². The molecule has 3 aliphatic rings. The second-order valence-electron chi connectivity index (χ2n) is 26.9. The number of carbonyl (C=O) groups excluding carboxylic acids is 4. The fraction of sp³-hybridized carbons (Fsp3) is 0.712. The fourth-order valence-corrected chi connectivity index (χ4v) is 13.1. The van der Waals surface area contributed by atoms with E-state index in [2.05, 4.69) is 79.5 Å². The molecule has 6 aromatic rings. The van der Waals surface area contributed by atoms with Crippen molar-refractivity contribution in [1.29, 1.82) is 1.43 Å². The summed E-state index contributed by atoms with van der Waals surface area (Å²) in [5.41, 5.74) is -1.39. The molecule has 3 saturated heterocycles. The third-order valence-electron chi connectivity index (χ3n) is 16.7. The molecule has 0 aromatic carbocycles. The van der Waals surface area contributed by atoms with Gasteiger partial charge in [0, 0.05) is 22.4 Å². The number of aliphatic hydroxyl groups excluding tert-OH is 3. The van der Waals surface area contributed by atoms with Gasteiger partial charge in [-0.3, -0.25) is 22.7 Å². The molecule has 9 heterocycles. The lowest BCUT2D eigenvalue weighted by Crippen LogP contribution is -2.46. The molecule has 0 saturated carbocycles. The summed E-state index contributed by atoms with van der Waals surface area (Å²) in [4.78, 5) is 84.3. The number of aliphatic hydroxyl groups is 3. The Morgan fingerprint density at radius 2 is 0.890 bits per heavy atom. The summed E-state index contributed by atoms with van der Waals surface area (Å²) in [7, 11) is -9.99. The summed E-state index contributed by atoms with van der Waals surface area (Å²) in [5, 5.41) is 30.1. The number of hydrogen-bond donors (Lipinski definition) is 6. The van der Waals surface area contributed by atoms with E-state index in [1.807, 2.05) is 0 Å². The Bertz CT molecular complexity index is 4460. The number of rotatable bonds is 39. The zero-order valence-corrected chi connectivity index (χ0v) is 68.6. The molecule has 7 N–H and O–H groups in total. The van der Waals surface area contributed by atoms with Crippen LogP contribution in [0.15, 0.2) is 19.0 Å². The van der Waals surface area contributed by atoms with Gasteiger partial charge >= 0.3 is 40.3 Å². The number of imidazole rings is 3. The number of nitrogens with two attached hydrogens (primary N) is 1. The van der Waals surface area contributed by atoms with E-state index >= 15 is 22.0 Å². The number of carbonyl (C=O) groups is 4. The van der Waals surface area contributed by atoms with Crippen molar-refractivity contribution in [2.75, 3.05) is 103 Å². The van der Waals surface area contributed by atoms with Crippen LogP contribution in [0.5, 0.6) is 17.6 Å². The van der Waals surface area contributed by atoms with Crippen molar-refractivity contribution < 1.29 is 166 Å². The van der Waals surface area contributed by atoms with Gasteiger partial charge in [0.2, 0.25) is 75.8 Å². The van der Waals surface area contributed by atoms with E-state index in [0.717, 1.165) is 35.6 Å². The third-order valence-corrected chi connectivity index (χ3v) is 19.3. The van der Waals surface area contributed by atoms with Crippen molar-refractivity contribution in [3.63, 3.8) is 0 Å². The number of phosphoric ester groups is 2. The van der Waals surface area contributed by atoms with Crippen molar-refractivity contribution in [3.8, 4) is 17.6 Å². The summed E-state index contributed by atoms with van der Waals surface area (Å²) >= 11 is 0. The monoisotopic (exact) mass is 1750 g/mol. The highest BCUT2D eigenvalue weighted by molar-refractivity contribution is 7.48. The van der Waals surface area contributed by atoms with Crippen LogP contribution in [0.1, 0.15) is 146 Å². The molecule has 0 bridgehead atoms. The lowest BCUT2D eigenvalue weighted by atomic mass is 9.84. The average Bonchev–Trinajstić information content (AvgIpc) is 1.59. The quantitative estimate of drug-likeness (QED) is 0.00686. The van der Waals surface area contributed by atoms with Crippen LogP contribution >= 0.6 is 15.6 Å². The number of fused-ring (bicyclic) bond motifs is 3. The smallest absolute Gasteiger partial charge is 0.476 e. The summed E-state index contributed by atoms with van der Waals surface area (Å²) in [6, 6.07) is 0. The van der Waals surface area contributed by atoms with Gasteiger partial charge in [0.15, 0.2) is 75.3 Å². The highest BCUT2D eigenvalue weighted by Crippen LogP contribution is 2.59. The molecule has 0 aliphatic carbocycles. The maximum atomic E-state index is 16.9. The predicted molar refractivity (Wildman–Crippen MR) is 392 cm³/mol. The molecule has 44 nitrogen and oxygen atoms in total.